The van der Waals surface area contributed by atoms with Crippen molar-refractivity contribution < 1.29 is 28.6 Å². The minimum Gasteiger partial charge on any atom is -0.456 e. The van der Waals surface area contributed by atoms with Gasteiger partial charge in [0.15, 0.2) is 18.1 Å². The Hall–Kier alpha value is -3.55. The first-order valence-electron chi connectivity index (χ1n) is 10.9. The first-order chi connectivity index (χ1) is 15.6. The number of ether oxygens (including phenoxy) is 3. The number of nitrogens with one attached hydrogen (secondary N) is 2. The van der Waals surface area contributed by atoms with Gasteiger partial charge < -0.3 is 24.8 Å². The number of hydrogen-bond donors (Lipinski definition) is 2. The van der Waals surface area contributed by atoms with Crippen molar-refractivity contribution in [1.29, 1.82) is 0 Å². The van der Waals surface area contributed by atoms with Crippen LogP contribution in [0.3, 0.4) is 0 Å². The number of esters is 1. The van der Waals surface area contributed by atoms with Gasteiger partial charge >= 0.3 is 5.97 Å². The van der Waals surface area contributed by atoms with Gasteiger partial charge in [-0.3, -0.25) is 14.4 Å². The van der Waals surface area contributed by atoms with E-state index < -0.39 is 18.5 Å². The summed E-state index contributed by atoms with van der Waals surface area (Å²) in [5.74, 6) is 0.0479. The predicted molar refractivity (Wildman–Crippen MR) is 122 cm³/mol. The minimum absolute atomic E-state index is 0.00727. The van der Waals surface area contributed by atoms with Gasteiger partial charge in [-0.2, -0.15) is 0 Å². The molecule has 176 valence electrons. The summed E-state index contributed by atoms with van der Waals surface area (Å²) in [5.41, 5.74) is 2.51. The SMILES string of the molecule is CC(NC(=O)COC(=O)CCNC(=O)c1ccc(C(C)(C)C)cc1)c1ccc2c(c1)OCO2. The summed E-state index contributed by atoms with van der Waals surface area (Å²) < 4.78 is 15.6. The van der Waals surface area contributed by atoms with Crippen molar-refractivity contribution >= 4 is 17.8 Å². The van der Waals surface area contributed by atoms with Gasteiger partial charge in [0.05, 0.1) is 12.5 Å². The maximum absolute atomic E-state index is 12.2. The molecule has 2 amide bonds. The molecule has 0 fully saturated rings. The Morgan fingerprint density at radius 1 is 1.03 bits per heavy atom. The Morgan fingerprint density at radius 2 is 1.73 bits per heavy atom. The molecule has 2 N–H and O–H groups in total. The molecule has 0 saturated carbocycles. The Bertz CT molecular complexity index is 1010. The van der Waals surface area contributed by atoms with Gasteiger partial charge in [-0.15, -0.1) is 0 Å². The number of carbonyl (C=O) groups is 3. The molecular weight excluding hydrogens is 424 g/mol. The molecule has 8 heteroatoms. The number of fused-ring (bicyclic) bond motifs is 1. The monoisotopic (exact) mass is 454 g/mol. The standard InChI is InChI=1S/C25H30N2O6/c1-16(18-7-10-20-21(13-18)33-15-32-20)27-22(28)14-31-23(29)11-12-26-24(30)17-5-8-19(9-6-17)25(2,3)4/h5-10,13,16H,11-12,14-15H2,1-4H3,(H,26,30)(H,27,28). The molecule has 0 radical (unpaired) electrons. The predicted octanol–water partition coefficient (Wildman–Crippen LogP) is 3.25. The zero-order valence-corrected chi connectivity index (χ0v) is 19.4. The van der Waals surface area contributed by atoms with Crippen LogP contribution >= 0.6 is 0 Å². The Kier molecular flexibility index (Phi) is 7.58. The van der Waals surface area contributed by atoms with E-state index >= 15 is 0 Å². The molecule has 1 unspecified atom stereocenters. The fraction of sp³-hybridized carbons (Fsp3) is 0.400. The fourth-order valence-corrected chi connectivity index (χ4v) is 3.27. The highest BCUT2D eigenvalue weighted by atomic mass is 16.7. The third-order valence-electron chi connectivity index (χ3n) is 5.27. The molecule has 0 aliphatic carbocycles. The number of hydrogen-bond acceptors (Lipinski definition) is 6. The first kappa shape index (κ1) is 24.1. The van der Waals surface area contributed by atoms with E-state index in [-0.39, 0.29) is 37.1 Å². The Balaban J connectivity index is 1.36. The van der Waals surface area contributed by atoms with E-state index in [0.29, 0.717) is 17.1 Å². The smallest absolute Gasteiger partial charge is 0.308 e. The highest BCUT2D eigenvalue weighted by Gasteiger charge is 2.18. The molecule has 1 aliphatic heterocycles. The average molecular weight is 455 g/mol. The zero-order valence-electron chi connectivity index (χ0n) is 19.4. The van der Waals surface area contributed by atoms with E-state index in [4.69, 9.17) is 14.2 Å². The first-order valence-corrected chi connectivity index (χ1v) is 10.9. The van der Waals surface area contributed by atoms with Crippen molar-refractivity contribution in [1.82, 2.24) is 10.6 Å². The van der Waals surface area contributed by atoms with Crippen LogP contribution in [0.5, 0.6) is 11.5 Å². The van der Waals surface area contributed by atoms with Gasteiger partial charge in [-0.05, 0) is 47.7 Å². The number of amides is 2. The van der Waals surface area contributed by atoms with Gasteiger partial charge in [0.2, 0.25) is 6.79 Å². The summed E-state index contributed by atoms with van der Waals surface area (Å²) in [6, 6.07) is 12.5. The van der Waals surface area contributed by atoms with E-state index in [9.17, 15) is 14.4 Å². The van der Waals surface area contributed by atoms with Crippen LogP contribution in [0.2, 0.25) is 0 Å². The van der Waals surface area contributed by atoms with Crippen LogP contribution in [0.1, 0.15) is 61.6 Å². The Labute approximate surface area is 193 Å². The van der Waals surface area contributed by atoms with Crippen molar-refractivity contribution in [2.75, 3.05) is 19.9 Å². The van der Waals surface area contributed by atoms with Crippen molar-refractivity contribution in [2.45, 2.75) is 45.6 Å². The molecular formula is C25H30N2O6. The normalized spacial score (nSPS) is 13.2. The second-order valence-corrected chi connectivity index (χ2v) is 8.90. The molecule has 3 rings (SSSR count). The maximum Gasteiger partial charge on any atom is 0.308 e. The molecule has 1 aliphatic rings. The second kappa shape index (κ2) is 10.4. The molecule has 0 bridgehead atoms. The van der Waals surface area contributed by atoms with Gasteiger partial charge in [-0.25, -0.2) is 0 Å². The van der Waals surface area contributed by atoms with Crippen LogP contribution in [-0.2, 0) is 19.7 Å². The quantitative estimate of drug-likeness (QED) is 0.594. The molecule has 0 spiro atoms. The van der Waals surface area contributed by atoms with E-state index in [1.54, 1.807) is 24.3 Å². The van der Waals surface area contributed by atoms with Crippen LogP contribution < -0.4 is 20.1 Å². The van der Waals surface area contributed by atoms with E-state index in [1.165, 1.54) is 0 Å². The van der Waals surface area contributed by atoms with Gasteiger partial charge in [-0.1, -0.05) is 39.0 Å². The maximum atomic E-state index is 12.2. The summed E-state index contributed by atoms with van der Waals surface area (Å²) in [6.07, 6.45) is -0.0309. The Morgan fingerprint density at radius 3 is 2.42 bits per heavy atom. The zero-order chi connectivity index (χ0) is 24.0. The lowest BCUT2D eigenvalue weighted by Crippen LogP contribution is -2.32. The average Bonchev–Trinajstić information content (AvgIpc) is 3.25. The third kappa shape index (κ3) is 6.71. The molecule has 2 aromatic carbocycles. The largest absolute Gasteiger partial charge is 0.456 e. The second-order valence-electron chi connectivity index (χ2n) is 8.90. The molecule has 33 heavy (non-hydrogen) atoms. The van der Waals surface area contributed by atoms with Gasteiger partial charge in [0.1, 0.15) is 0 Å². The lowest BCUT2D eigenvalue weighted by atomic mass is 9.87. The summed E-state index contributed by atoms with van der Waals surface area (Å²) in [4.78, 5) is 36.3. The van der Waals surface area contributed by atoms with Crippen molar-refractivity contribution in [3.8, 4) is 11.5 Å². The van der Waals surface area contributed by atoms with E-state index in [0.717, 1.165) is 11.1 Å². The highest BCUT2D eigenvalue weighted by Crippen LogP contribution is 2.34. The molecule has 1 atom stereocenters. The summed E-state index contributed by atoms with van der Waals surface area (Å²) >= 11 is 0. The summed E-state index contributed by atoms with van der Waals surface area (Å²) in [5, 5.41) is 5.46. The molecule has 1 heterocycles. The van der Waals surface area contributed by atoms with E-state index in [1.807, 2.05) is 25.1 Å². The lowest BCUT2D eigenvalue weighted by molar-refractivity contribution is -0.148. The third-order valence-corrected chi connectivity index (χ3v) is 5.27. The summed E-state index contributed by atoms with van der Waals surface area (Å²) in [6.45, 7) is 8.04. The number of benzene rings is 2. The molecule has 0 aromatic heterocycles. The molecule has 0 saturated heterocycles. The topological polar surface area (TPSA) is 103 Å². The number of rotatable bonds is 8. The minimum atomic E-state index is -0.565. The van der Waals surface area contributed by atoms with Crippen LogP contribution in [0, 0.1) is 0 Å². The van der Waals surface area contributed by atoms with Gasteiger partial charge in [0.25, 0.3) is 11.8 Å². The molecule has 2 aromatic rings. The van der Waals surface area contributed by atoms with Crippen molar-refractivity contribution in [2.24, 2.45) is 0 Å². The van der Waals surface area contributed by atoms with Crippen LogP contribution in [0.25, 0.3) is 0 Å². The highest BCUT2D eigenvalue weighted by molar-refractivity contribution is 5.94. The summed E-state index contributed by atoms with van der Waals surface area (Å²) in [7, 11) is 0. The van der Waals surface area contributed by atoms with Gasteiger partial charge in [0, 0.05) is 12.1 Å². The van der Waals surface area contributed by atoms with Crippen LogP contribution in [0.4, 0.5) is 0 Å². The van der Waals surface area contributed by atoms with Crippen molar-refractivity contribution in [3.05, 3.63) is 59.2 Å². The van der Waals surface area contributed by atoms with E-state index in [2.05, 4.69) is 31.4 Å². The van der Waals surface area contributed by atoms with Crippen LogP contribution in [-0.4, -0.2) is 37.7 Å². The fourth-order valence-electron chi connectivity index (χ4n) is 3.27. The lowest BCUT2D eigenvalue weighted by Gasteiger charge is -2.19. The molecule has 8 nitrogen and oxygen atoms in total. The van der Waals surface area contributed by atoms with Crippen LogP contribution in [0.15, 0.2) is 42.5 Å². The number of carbonyl (C=O) groups excluding carboxylic acids is 3. The van der Waals surface area contributed by atoms with Crippen molar-refractivity contribution in [3.63, 3.8) is 0 Å².